The van der Waals surface area contributed by atoms with Gasteiger partial charge in [0.05, 0.1) is 5.92 Å². The molecule has 4 rings (SSSR count). The summed E-state index contributed by atoms with van der Waals surface area (Å²) in [5, 5.41) is 3.02. The minimum absolute atomic E-state index is 0.0155. The fourth-order valence-corrected chi connectivity index (χ4v) is 4.38. The van der Waals surface area contributed by atoms with Crippen LogP contribution in [0.1, 0.15) is 50.2 Å². The maximum Gasteiger partial charge on any atom is 0.227 e. The molecular weight excluding hydrogens is 388 g/mol. The van der Waals surface area contributed by atoms with E-state index in [2.05, 4.69) is 40.3 Å². The zero-order chi connectivity index (χ0) is 21.6. The molecule has 2 aliphatic rings. The normalized spacial score (nSPS) is 18.6. The summed E-state index contributed by atoms with van der Waals surface area (Å²) in [6, 6.07) is 12.2. The number of rotatable bonds is 8. The lowest BCUT2D eigenvalue weighted by atomic mass is 10.1. The van der Waals surface area contributed by atoms with E-state index in [0.717, 1.165) is 36.6 Å². The number of hydrogen-bond acceptors (Lipinski definition) is 4. The smallest absolute Gasteiger partial charge is 0.227 e. The highest BCUT2D eigenvalue weighted by Gasteiger charge is 2.35. The Morgan fingerprint density at radius 1 is 1.13 bits per heavy atom. The molecule has 1 unspecified atom stereocenters. The van der Waals surface area contributed by atoms with Gasteiger partial charge in [-0.1, -0.05) is 25.5 Å². The Kier molecular flexibility index (Phi) is 6.85. The Bertz CT molecular complexity index is 906. The maximum absolute atomic E-state index is 12.7. The third-order valence-electron chi connectivity index (χ3n) is 6.27. The molecule has 1 N–H and O–H groups in total. The number of pyridine rings is 1. The first-order valence-corrected chi connectivity index (χ1v) is 11.5. The standard InChI is InChI=1S/C25H32N4O2/c1-2-3-6-19-7-9-22(10-8-19)29-18-21(16-24(29)30)25(31)27-17-20-11-12-26-23(15-20)28-13-4-5-14-28/h7-12,15,21H,2-6,13-14,16-18H2,1H3,(H,27,31). The van der Waals surface area contributed by atoms with Gasteiger partial charge in [0.2, 0.25) is 11.8 Å². The Morgan fingerprint density at radius 3 is 2.65 bits per heavy atom. The zero-order valence-corrected chi connectivity index (χ0v) is 18.3. The fraction of sp³-hybridized carbons (Fsp3) is 0.480. The number of amides is 2. The van der Waals surface area contributed by atoms with Gasteiger partial charge in [-0.15, -0.1) is 0 Å². The lowest BCUT2D eigenvalue weighted by Crippen LogP contribution is -2.32. The first kappa shape index (κ1) is 21.3. The number of unbranched alkanes of at least 4 members (excludes halogenated alkanes) is 1. The number of nitrogens with zero attached hydrogens (tertiary/aromatic N) is 3. The van der Waals surface area contributed by atoms with Crippen LogP contribution in [0.3, 0.4) is 0 Å². The molecule has 6 nitrogen and oxygen atoms in total. The Labute approximate surface area is 184 Å². The lowest BCUT2D eigenvalue weighted by Gasteiger charge is -2.18. The summed E-state index contributed by atoms with van der Waals surface area (Å²) in [6.07, 6.45) is 7.87. The van der Waals surface area contributed by atoms with Gasteiger partial charge < -0.3 is 15.1 Å². The summed E-state index contributed by atoms with van der Waals surface area (Å²) < 4.78 is 0. The van der Waals surface area contributed by atoms with Crippen LogP contribution in [0.4, 0.5) is 11.5 Å². The number of carbonyl (C=O) groups excluding carboxylic acids is 2. The topological polar surface area (TPSA) is 65.5 Å². The fourth-order valence-electron chi connectivity index (χ4n) is 4.38. The Morgan fingerprint density at radius 2 is 1.90 bits per heavy atom. The van der Waals surface area contributed by atoms with Gasteiger partial charge >= 0.3 is 0 Å². The molecule has 2 saturated heterocycles. The SMILES string of the molecule is CCCCc1ccc(N2CC(C(=O)NCc3ccnc(N4CCCC4)c3)CC2=O)cc1. The molecule has 0 saturated carbocycles. The predicted molar refractivity (Wildman–Crippen MR) is 123 cm³/mol. The van der Waals surface area contributed by atoms with Crippen LogP contribution in [0.5, 0.6) is 0 Å². The van der Waals surface area contributed by atoms with Crippen molar-refractivity contribution in [3.8, 4) is 0 Å². The van der Waals surface area contributed by atoms with Crippen molar-refractivity contribution in [2.45, 2.75) is 52.0 Å². The van der Waals surface area contributed by atoms with E-state index in [1.807, 2.05) is 18.2 Å². The van der Waals surface area contributed by atoms with Gasteiger partial charge in [-0.3, -0.25) is 9.59 Å². The van der Waals surface area contributed by atoms with Crippen molar-refractivity contribution >= 4 is 23.3 Å². The maximum atomic E-state index is 12.7. The van der Waals surface area contributed by atoms with Crippen LogP contribution in [-0.4, -0.2) is 36.4 Å². The highest BCUT2D eigenvalue weighted by molar-refractivity contribution is 6.00. The first-order valence-electron chi connectivity index (χ1n) is 11.5. The van der Waals surface area contributed by atoms with Crippen LogP contribution in [0.25, 0.3) is 0 Å². The number of anilines is 2. The molecule has 3 heterocycles. The van der Waals surface area contributed by atoms with E-state index in [-0.39, 0.29) is 24.2 Å². The van der Waals surface area contributed by atoms with E-state index in [9.17, 15) is 9.59 Å². The quantitative estimate of drug-likeness (QED) is 0.707. The molecule has 164 valence electrons. The monoisotopic (exact) mass is 420 g/mol. The molecule has 31 heavy (non-hydrogen) atoms. The predicted octanol–water partition coefficient (Wildman–Crippen LogP) is 3.69. The van der Waals surface area contributed by atoms with Crippen LogP contribution in [-0.2, 0) is 22.6 Å². The Hall–Kier alpha value is -2.89. The second-order valence-corrected chi connectivity index (χ2v) is 8.61. The number of aryl methyl sites for hydroxylation is 1. The molecule has 2 aromatic rings. The average molecular weight is 421 g/mol. The molecule has 1 aromatic carbocycles. The molecule has 2 fully saturated rings. The molecule has 0 aliphatic carbocycles. The summed E-state index contributed by atoms with van der Waals surface area (Å²) in [6.45, 7) is 5.17. The van der Waals surface area contributed by atoms with Crippen LogP contribution in [0, 0.1) is 5.92 Å². The van der Waals surface area contributed by atoms with E-state index >= 15 is 0 Å². The van der Waals surface area contributed by atoms with Crippen molar-refractivity contribution in [3.63, 3.8) is 0 Å². The number of hydrogen-bond donors (Lipinski definition) is 1. The molecule has 0 bridgehead atoms. The van der Waals surface area contributed by atoms with E-state index in [1.165, 1.54) is 31.2 Å². The lowest BCUT2D eigenvalue weighted by molar-refractivity contribution is -0.126. The molecule has 0 radical (unpaired) electrons. The third-order valence-corrected chi connectivity index (χ3v) is 6.27. The molecule has 1 aromatic heterocycles. The van der Waals surface area contributed by atoms with Gasteiger partial charge in [-0.25, -0.2) is 4.98 Å². The van der Waals surface area contributed by atoms with E-state index in [1.54, 1.807) is 11.1 Å². The Balaban J connectivity index is 1.31. The van der Waals surface area contributed by atoms with Crippen molar-refractivity contribution in [2.75, 3.05) is 29.4 Å². The van der Waals surface area contributed by atoms with Crippen LogP contribution in [0.2, 0.25) is 0 Å². The minimum atomic E-state index is -0.313. The molecule has 2 amide bonds. The summed E-state index contributed by atoms with van der Waals surface area (Å²) in [5.41, 5.74) is 3.20. The largest absolute Gasteiger partial charge is 0.357 e. The van der Waals surface area contributed by atoms with Crippen molar-refractivity contribution in [1.82, 2.24) is 10.3 Å². The van der Waals surface area contributed by atoms with Crippen molar-refractivity contribution in [1.29, 1.82) is 0 Å². The van der Waals surface area contributed by atoms with Crippen molar-refractivity contribution < 1.29 is 9.59 Å². The summed E-state index contributed by atoms with van der Waals surface area (Å²) in [4.78, 5) is 33.8. The minimum Gasteiger partial charge on any atom is -0.357 e. The zero-order valence-electron chi connectivity index (χ0n) is 18.3. The highest BCUT2D eigenvalue weighted by Crippen LogP contribution is 2.26. The molecule has 2 aliphatic heterocycles. The second-order valence-electron chi connectivity index (χ2n) is 8.61. The van der Waals surface area contributed by atoms with Gasteiger partial charge in [0.1, 0.15) is 5.82 Å². The van der Waals surface area contributed by atoms with Gasteiger partial charge in [0, 0.05) is 44.5 Å². The second kappa shape index (κ2) is 9.94. The molecule has 0 spiro atoms. The summed E-state index contributed by atoms with van der Waals surface area (Å²) in [7, 11) is 0. The number of carbonyl (C=O) groups is 2. The summed E-state index contributed by atoms with van der Waals surface area (Å²) >= 11 is 0. The van der Waals surface area contributed by atoms with E-state index in [0.29, 0.717) is 13.1 Å². The van der Waals surface area contributed by atoms with Crippen LogP contribution in [0.15, 0.2) is 42.6 Å². The molecule has 1 atom stereocenters. The van der Waals surface area contributed by atoms with E-state index in [4.69, 9.17) is 0 Å². The van der Waals surface area contributed by atoms with Crippen LogP contribution >= 0.6 is 0 Å². The van der Waals surface area contributed by atoms with Gasteiger partial charge in [-0.05, 0) is 61.1 Å². The van der Waals surface area contributed by atoms with Gasteiger partial charge in [0.15, 0.2) is 0 Å². The first-order chi connectivity index (χ1) is 15.1. The number of benzene rings is 1. The van der Waals surface area contributed by atoms with Gasteiger partial charge in [-0.2, -0.15) is 0 Å². The van der Waals surface area contributed by atoms with Gasteiger partial charge in [0.25, 0.3) is 0 Å². The highest BCUT2D eigenvalue weighted by atomic mass is 16.2. The number of nitrogens with one attached hydrogen (secondary N) is 1. The number of aromatic nitrogens is 1. The van der Waals surface area contributed by atoms with Crippen molar-refractivity contribution in [3.05, 3.63) is 53.7 Å². The third kappa shape index (κ3) is 5.24. The average Bonchev–Trinajstić information content (AvgIpc) is 3.47. The molecular formula is C25H32N4O2. The summed E-state index contributed by atoms with van der Waals surface area (Å²) in [5.74, 6) is 0.623. The van der Waals surface area contributed by atoms with Crippen molar-refractivity contribution in [2.24, 2.45) is 5.92 Å². The van der Waals surface area contributed by atoms with Crippen LogP contribution < -0.4 is 15.1 Å². The molecule has 6 heteroatoms. The van der Waals surface area contributed by atoms with E-state index < -0.39 is 0 Å².